The molecule has 2 rings (SSSR count). The van der Waals surface area contributed by atoms with Gasteiger partial charge >= 0.3 is 0 Å². The molecule has 0 saturated carbocycles. The predicted molar refractivity (Wildman–Crippen MR) is 47.4 cm³/mol. The zero-order chi connectivity index (χ0) is 7.52. The number of benzene rings is 1. The molecule has 1 heteroatoms. The summed E-state index contributed by atoms with van der Waals surface area (Å²) in [6.45, 7) is 0. The van der Waals surface area contributed by atoms with E-state index in [1.807, 2.05) is 18.2 Å². The summed E-state index contributed by atoms with van der Waals surface area (Å²) in [7, 11) is 0. The number of rotatable bonds is 1. The standard InChI is InChI=1S/C10H6S/c1-2-4-9(5-3-1)10-6-7-11-8-10/h1-2,5-8H. The Labute approximate surface area is 70.1 Å². The lowest BCUT2D eigenvalue weighted by atomic mass is 10.1. The molecule has 0 fully saturated rings. The van der Waals surface area contributed by atoms with Gasteiger partial charge in [0, 0.05) is 0 Å². The Balaban J connectivity index is 2.46. The fourth-order valence-electron chi connectivity index (χ4n) is 0.937. The third kappa shape index (κ3) is 1.33. The van der Waals surface area contributed by atoms with Crippen LogP contribution in [0.4, 0.5) is 0 Å². The molecule has 1 aromatic heterocycles. The first kappa shape index (κ1) is 6.62. The summed E-state index contributed by atoms with van der Waals surface area (Å²) < 4.78 is 0. The first-order valence-electron chi connectivity index (χ1n) is 3.37. The zero-order valence-corrected chi connectivity index (χ0v) is 6.69. The van der Waals surface area contributed by atoms with E-state index in [4.69, 9.17) is 0 Å². The molecule has 2 aromatic rings. The Morgan fingerprint density at radius 2 is 2.27 bits per heavy atom. The van der Waals surface area contributed by atoms with Crippen LogP contribution in [0.5, 0.6) is 0 Å². The Hall–Kier alpha value is -1.08. The third-order valence-corrected chi connectivity index (χ3v) is 2.16. The molecule has 0 spiro atoms. The van der Waals surface area contributed by atoms with Crippen LogP contribution in [0.3, 0.4) is 0 Å². The van der Waals surface area contributed by atoms with Gasteiger partial charge in [-0.25, -0.2) is 0 Å². The molecule has 0 nitrogen and oxygen atoms in total. The van der Waals surface area contributed by atoms with Crippen molar-refractivity contribution in [3.63, 3.8) is 0 Å². The van der Waals surface area contributed by atoms with Crippen LogP contribution in [-0.2, 0) is 0 Å². The van der Waals surface area contributed by atoms with Crippen molar-refractivity contribution < 1.29 is 0 Å². The van der Waals surface area contributed by atoms with E-state index in [2.05, 4.69) is 29.0 Å². The smallest absolute Gasteiger partial charge is 0.00145 e. The molecular formula is C10H6S. The van der Waals surface area contributed by atoms with Gasteiger partial charge in [0.05, 0.1) is 0 Å². The Morgan fingerprint density at radius 3 is 2.91 bits per heavy atom. The number of hydrogen-bond donors (Lipinski definition) is 0. The SMILES string of the molecule is [c]1cc[c]c(-c2ccsc2)c1. The molecule has 1 aromatic carbocycles. The lowest BCUT2D eigenvalue weighted by Crippen LogP contribution is -1.70. The normalized spacial score (nSPS) is 9.82. The molecule has 0 atom stereocenters. The fraction of sp³-hybridized carbons (Fsp3) is 0. The van der Waals surface area contributed by atoms with Gasteiger partial charge in [-0.15, -0.1) is 0 Å². The van der Waals surface area contributed by atoms with Crippen molar-refractivity contribution >= 4 is 11.3 Å². The average molecular weight is 158 g/mol. The van der Waals surface area contributed by atoms with Crippen molar-refractivity contribution in [3.05, 3.63) is 47.2 Å². The second-order valence-electron chi connectivity index (χ2n) is 2.21. The molecule has 0 aliphatic heterocycles. The van der Waals surface area contributed by atoms with Crippen LogP contribution in [0, 0.1) is 12.1 Å². The van der Waals surface area contributed by atoms with Crippen LogP contribution in [-0.4, -0.2) is 0 Å². The van der Waals surface area contributed by atoms with Crippen LogP contribution in [0.15, 0.2) is 35.0 Å². The van der Waals surface area contributed by atoms with Gasteiger partial charge in [0.1, 0.15) is 0 Å². The van der Waals surface area contributed by atoms with Crippen LogP contribution in [0.1, 0.15) is 0 Å². The second-order valence-corrected chi connectivity index (χ2v) is 2.99. The van der Waals surface area contributed by atoms with Crippen LogP contribution < -0.4 is 0 Å². The third-order valence-electron chi connectivity index (χ3n) is 1.48. The summed E-state index contributed by atoms with van der Waals surface area (Å²) in [5.41, 5.74) is 2.35. The van der Waals surface area contributed by atoms with Crippen molar-refractivity contribution in [2.75, 3.05) is 0 Å². The van der Waals surface area contributed by atoms with E-state index < -0.39 is 0 Å². The highest BCUT2D eigenvalue weighted by Gasteiger charge is 1.94. The van der Waals surface area contributed by atoms with Crippen molar-refractivity contribution in [1.82, 2.24) is 0 Å². The Morgan fingerprint density at radius 1 is 1.27 bits per heavy atom. The first-order chi connectivity index (χ1) is 5.47. The maximum atomic E-state index is 3.15. The van der Waals surface area contributed by atoms with Crippen molar-refractivity contribution in [2.24, 2.45) is 0 Å². The molecule has 0 aliphatic rings. The van der Waals surface area contributed by atoms with Crippen LogP contribution in [0.2, 0.25) is 0 Å². The highest BCUT2D eigenvalue weighted by atomic mass is 32.1. The molecule has 0 saturated heterocycles. The lowest BCUT2D eigenvalue weighted by Gasteiger charge is -1.92. The molecule has 0 unspecified atom stereocenters. The maximum Gasteiger partial charge on any atom is -0.00145 e. The zero-order valence-electron chi connectivity index (χ0n) is 5.87. The van der Waals surface area contributed by atoms with Gasteiger partial charge in [-0.1, -0.05) is 12.1 Å². The number of thiophene rings is 1. The predicted octanol–water partition coefficient (Wildman–Crippen LogP) is 3.02. The minimum Gasteiger partial charge on any atom is -0.152 e. The summed E-state index contributed by atoms with van der Waals surface area (Å²) in [4.78, 5) is 0. The van der Waals surface area contributed by atoms with E-state index in [9.17, 15) is 0 Å². The van der Waals surface area contributed by atoms with Crippen LogP contribution in [0.25, 0.3) is 11.1 Å². The average Bonchev–Trinajstić information content (AvgIpc) is 2.58. The van der Waals surface area contributed by atoms with Crippen molar-refractivity contribution in [2.45, 2.75) is 0 Å². The second kappa shape index (κ2) is 2.89. The van der Waals surface area contributed by atoms with E-state index in [1.165, 1.54) is 5.56 Å². The largest absolute Gasteiger partial charge is 0.152 e. The van der Waals surface area contributed by atoms with Crippen molar-refractivity contribution in [1.29, 1.82) is 0 Å². The number of hydrogen-bond acceptors (Lipinski definition) is 1. The summed E-state index contributed by atoms with van der Waals surface area (Å²) in [6.07, 6.45) is 0. The highest BCUT2D eigenvalue weighted by Crippen LogP contribution is 2.20. The minimum atomic E-state index is 1.12. The summed E-state index contributed by atoms with van der Waals surface area (Å²) in [6, 6.07) is 13.9. The van der Waals surface area contributed by atoms with E-state index >= 15 is 0 Å². The van der Waals surface area contributed by atoms with Gasteiger partial charge in [-0.2, -0.15) is 11.3 Å². The molecule has 52 valence electrons. The molecule has 2 radical (unpaired) electrons. The van der Waals surface area contributed by atoms with Crippen LogP contribution >= 0.6 is 11.3 Å². The van der Waals surface area contributed by atoms with E-state index in [0.29, 0.717) is 0 Å². The monoisotopic (exact) mass is 158 g/mol. The molecule has 0 bridgehead atoms. The topological polar surface area (TPSA) is 0 Å². The summed E-state index contributed by atoms with van der Waals surface area (Å²) in [5.74, 6) is 0. The van der Waals surface area contributed by atoms with E-state index in [-0.39, 0.29) is 0 Å². The van der Waals surface area contributed by atoms with E-state index in [1.54, 1.807) is 11.3 Å². The van der Waals surface area contributed by atoms with Gasteiger partial charge < -0.3 is 0 Å². The maximum absolute atomic E-state index is 3.15. The minimum absolute atomic E-state index is 1.12. The molecule has 0 N–H and O–H groups in total. The summed E-state index contributed by atoms with van der Waals surface area (Å²) in [5, 5.41) is 4.18. The van der Waals surface area contributed by atoms with Gasteiger partial charge in [-0.3, -0.25) is 0 Å². The molecular weight excluding hydrogens is 152 g/mol. The fourth-order valence-corrected chi connectivity index (χ4v) is 1.59. The van der Waals surface area contributed by atoms with Crippen molar-refractivity contribution in [3.8, 4) is 11.1 Å². The molecule has 0 amide bonds. The lowest BCUT2D eigenvalue weighted by molar-refractivity contribution is 1.65. The van der Waals surface area contributed by atoms with Gasteiger partial charge in [0.15, 0.2) is 0 Å². The summed E-state index contributed by atoms with van der Waals surface area (Å²) >= 11 is 1.70. The Kier molecular flexibility index (Phi) is 1.74. The van der Waals surface area contributed by atoms with E-state index in [0.717, 1.165) is 5.56 Å². The van der Waals surface area contributed by atoms with Gasteiger partial charge in [-0.05, 0) is 46.2 Å². The quantitative estimate of drug-likeness (QED) is 0.598. The molecule has 11 heavy (non-hydrogen) atoms. The van der Waals surface area contributed by atoms with Gasteiger partial charge in [0.25, 0.3) is 0 Å². The first-order valence-corrected chi connectivity index (χ1v) is 4.31. The van der Waals surface area contributed by atoms with Gasteiger partial charge in [0.2, 0.25) is 0 Å². The Bertz CT molecular complexity index is 308. The molecule has 0 aliphatic carbocycles. The highest BCUT2D eigenvalue weighted by molar-refractivity contribution is 7.08. The molecule has 1 heterocycles.